The molecule has 0 aliphatic heterocycles. The van der Waals surface area contributed by atoms with E-state index in [0.717, 1.165) is 12.1 Å². The predicted molar refractivity (Wildman–Crippen MR) is 84.4 cm³/mol. The molecule has 124 valence electrons. The molecule has 0 radical (unpaired) electrons. The minimum Gasteiger partial charge on any atom is -0.322 e. The summed E-state index contributed by atoms with van der Waals surface area (Å²) in [5.41, 5.74) is -0.198. The van der Waals surface area contributed by atoms with Gasteiger partial charge < -0.3 is 5.32 Å². The third-order valence-corrected chi connectivity index (χ3v) is 4.87. The first-order chi connectivity index (χ1) is 10.3. The van der Waals surface area contributed by atoms with Crippen LogP contribution in [0, 0.1) is 11.6 Å². The Hall–Kier alpha value is -1.19. The van der Waals surface area contributed by atoms with Gasteiger partial charge in [0.05, 0.1) is 11.4 Å². The SMILES string of the molecule is CCS(=O)(=O)NC(CCSC)C(=O)Nc1ccc(F)cc1F. The first-order valence-electron chi connectivity index (χ1n) is 6.54. The normalized spacial score (nSPS) is 12.9. The number of rotatable bonds is 8. The number of amides is 1. The molecule has 1 amide bonds. The summed E-state index contributed by atoms with van der Waals surface area (Å²) in [5.74, 6) is -1.98. The van der Waals surface area contributed by atoms with Gasteiger partial charge in [0.1, 0.15) is 17.7 Å². The summed E-state index contributed by atoms with van der Waals surface area (Å²) in [4.78, 5) is 12.1. The number of benzene rings is 1. The molecule has 22 heavy (non-hydrogen) atoms. The van der Waals surface area contributed by atoms with Crippen LogP contribution >= 0.6 is 11.8 Å². The summed E-state index contributed by atoms with van der Waals surface area (Å²) < 4.78 is 51.9. The number of sulfonamides is 1. The molecule has 1 unspecified atom stereocenters. The molecule has 0 aliphatic carbocycles. The average Bonchev–Trinajstić information content (AvgIpc) is 2.46. The Morgan fingerprint density at radius 1 is 1.36 bits per heavy atom. The molecule has 0 bridgehead atoms. The molecule has 0 aliphatic rings. The number of anilines is 1. The fourth-order valence-corrected chi connectivity index (χ4v) is 2.89. The van der Waals surface area contributed by atoms with Crippen molar-refractivity contribution >= 4 is 33.4 Å². The molecule has 1 atom stereocenters. The van der Waals surface area contributed by atoms with E-state index >= 15 is 0 Å². The van der Waals surface area contributed by atoms with E-state index in [0.29, 0.717) is 11.8 Å². The monoisotopic (exact) mass is 352 g/mol. The molecule has 0 saturated heterocycles. The van der Waals surface area contributed by atoms with Gasteiger partial charge >= 0.3 is 0 Å². The second-order valence-electron chi connectivity index (χ2n) is 4.47. The molecular formula is C13H18F2N2O3S2. The van der Waals surface area contributed by atoms with Crippen LogP contribution in [0.2, 0.25) is 0 Å². The maximum Gasteiger partial charge on any atom is 0.242 e. The van der Waals surface area contributed by atoms with Gasteiger partial charge in [-0.2, -0.15) is 11.8 Å². The lowest BCUT2D eigenvalue weighted by Crippen LogP contribution is -2.44. The number of halogens is 2. The first kappa shape index (κ1) is 18.9. The summed E-state index contributed by atoms with van der Waals surface area (Å²) in [5, 5.41) is 2.28. The van der Waals surface area contributed by atoms with Gasteiger partial charge in [-0.15, -0.1) is 0 Å². The fraction of sp³-hybridized carbons (Fsp3) is 0.462. The molecule has 0 heterocycles. The molecule has 2 N–H and O–H groups in total. The van der Waals surface area contributed by atoms with E-state index in [-0.39, 0.29) is 17.9 Å². The number of hydrogen-bond acceptors (Lipinski definition) is 4. The second-order valence-corrected chi connectivity index (χ2v) is 7.50. The Labute approximate surface area is 132 Å². The fourth-order valence-electron chi connectivity index (χ4n) is 1.59. The zero-order chi connectivity index (χ0) is 16.8. The Kier molecular flexibility index (Phi) is 7.24. The van der Waals surface area contributed by atoms with Crippen molar-refractivity contribution in [1.82, 2.24) is 4.72 Å². The molecule has 0 fully saturated rings. The molecule has 1 rings (SSSR count). The molecule has 1 aromatic carbocycles. The number of carbonyl (C=O) groups excluding carboxylic acids is 1. The van der Waals surface area contributed by atoms with Crippen LogP contribution in [0.25, 0.3) is 0 Å². The van der Waals surface area contributed by atoms with E-state index in [2.05, 4.69) is 10.0 Å². The molecule has 9 heteroatoms. The maximum absolute atomic E-state index is 13.5. The lowest BCUT2D eigenvalue weighted by Gasteiger charge is -2.18. The van der Waals surface area contributed by atoms with Crippen LogP contribution in [0.3, 0.4) is 0 Å². The highest BCUT2D eigenvalue weighted by Crippen LogP contribution is 2.16. The van der Waals surface area contributed by atoms with Crippen LogP contribution < -0.4 is 10.0 Å². The summed E-state index contributed by atoms with van der Waals surface area (Å²) in [7, 11) is -3.58. The van der Waals surface area contributed by atoms with Crippen LogP contribution in [0.15, 0.2) is 18.2 Å². The Morgan fingerprint density at radius 2 is 2.05 bits per heavy atom. The first-order valence-corrected chi connectivity index (χ1v) is 9.58. The molecule has 5 nitrogen and oxygen atoms in total. The Bertz CT molecular complexity index is 624. The summed E-state index contributed by atoms with van der Waals surface area (Å²) in [6.45, 7) is 1.45. The zero-order valence-electron chi connectivity index (χ0n) is 12.2. The minimum absolute atomic E-state index is 0.166. The van der Waals surface area contributed by atoms with Gasteiger partial charge in [0.25, 0.3) is 0 Å². The van der Waals surface area contributed by atoms with Gasteiger partial charge in [-0.1, -0.05) is 0 Å². The molecule has 1 aromatic rings. The van der Waals surface area contributed by atoms with E-state index in [9.17, 15) is 22.0 Å². The number of carbonyl (C=O) groups is 1. The quantitative estimate of drug-likeness (QED) is 0.750. The number of nitrogens with one attached hydrogen (secondary N) is 2. The van der Waals surface area contributed by atoms with Crippen molar-refractivity contribution in [2.24, 2.45) is 0 Å². The molecular weight excluding hydrogens is 334 g/mol. The lowest BCUT2D eigenvalue weighted by molar-refractivity contribution is -0.117. The highest BCUT2D eigenvalue weighted by atomic mass is 32.2. The van der Waals surface area contributed by atoms with E-state index < -0.39 is 33.6 Å². The van der Waals surface area contributed by atoms with Crippen LogP contribution in [-0.2, 0) is 14.8 Å². The highest BCUT2D eigenvalue weighted by molar-refractivity contribution is 7.98. The van der Waals surface area contributed by atoms with Crippen molar-refractivity contribution < 1.29 is 22.0 Å². The van der Waals surface area contributed by atoms with E-state index in [1.807, 2.05) is 6.26 Å². The van der Waals surface area contributed by atoms with Gasteiger partial charge in [0.15, 0.2) is 0 Å². The molecule has 0 saturated carbocycles. The smallest absolute Gasteiger partial charge is 0.242 e. The summed E-state index contributed by atoms with van der Waals surface area (Å²) in [6, 6.07) is 1.72. The minimum atomic E-state index is -3.58. The second kappa shape index (κ2) is 8.44. The number of thioether (sulfide) groups is 1. The predicted octanol–water partition coefficient (Wildman–Crippen LogP) is 1.96. The molecule has 0 spiro atoms. The number of hydrogen-bond donors (Lipinski definition) is 2. The van der Waals surface area contributed by atoms with Gasteiger partial charge in [-0.3, -0.25) is 4.79 Å². The molecule has 0 aromatic heterocycles. The maximum atomic E-state index is 13.5. The highest BCUT2D eigenvalue weighted by Gasteiger charge is 2.24. The van der Waals surface area contributed by atoms with E-state index in [1.165, 1.54) is 18.7 Å². The van der Waals surface area contributed by atoms with Crippen molar-refractivity contribution in [2.45, 2.75) is 19.4 Å². The van der Waals surface area contributed by atoms with Gasteiger partial charge in [0, 0.05) is 6.07 Å². The van der Waals surface area contributed by atoms with Gasteiger partial charge in [-0.25, -0.2) is 21.9 Å². The van der Waals surface area contributed by atoms with Crippen LogP contribution in [0.1, 0.15) is 13.3 Å². The third-order valence-electron chi connectivity index (χ3n) is 2.82. The van der Waals surface area contributed by atoms with Crippen LogP contribution in [0.4, 0.5) is 14.5 Å². The van der Waals surface area contributed by atoms with E-state index in [1.54, 1.807) is 0 Å². The largest absolute Gasteiger partial charge is 0.322 e. The standard InChI is InChI=1S/C13H18F2N2O3S2/c1-3-22(19,20)17-12(6-7-21-2)13(18)16-11-5-4-9(14)8-10(11)15/h4-5,8,12,17H,3,6-7H2,1-2H3,(H,16,18). The van der Waals surface area contributed by atoms with Crippen LogP contribution in [-0.4, -0.2) is 38.1 Å². The van der Waals surface area contributed by atoms with Crippen molar-refractivity contribution in [2.75, 3.05) is 23.1 Å². The summed E-state index contributed by atoms with van der Waals surface area (Å²) >= 11 is 1.45. The summed E-state index contributed by atoms with van der Waals surface area (Å²) in [6.07, 6.45) is 2.08. The van der Waals surface area contributed by atoms with Crippen LogP contribution in [0.5, 0.6) is 0 Å². The van der Waals surface area contributed by atoms with Crippen molar-refractivity contribution in [3.05, 3.63) is 29.8 Å². The van der Waals surface area contributed by atoms with Gasteiger partial charge in [0.2, 0.25) is 15.9 Å². The van der Waals surface area contributed by atoms with Gasteiger partial charge in [-0.05, 0) is 37.5 Å². The topological polar surface area (TPSA) is 75.3 Å². The third kappa shape index (κ3) is 5.90. The zero-order valence-corrected chi connectivity index (χ0v) is 13.9. The average molecular weight is 352 g/mol. The van der Waals surface area contributed by atoms with Crippen molar-refractivity contribution in [1.29, 1.82) is 0 Å². The van der Waals surface area contributed by atoms with Crippen molar-refractivity contribution in [3.63, 3.8) is 0 Å². The van der Waals surface area contributed by atoms with Crippen molar-refractivity contribution in [3.8, 4) is 0 Å². The lowest BCUT2D eigenvalue weighted by atomic mass is 10.2. The van der Waals surface area contributed by atoms with E-state index in [4.69, 9.17) is 0 Å². The Balaban J connectivity index is 2.86. The Morgan fingerprint density at radius 3 is 2.59 bits per heavy atom.